The van der Waals surface area contributed by atoms with E-state index in [4.69, 9.17) is 0 Å². The summed E-state index contributed by atoms with van der Waals surface area (Å²) >= 11 is 0. The van der Waals surface area contributed by atoms with E-state index in [9.17, 15) is 13.2 Å². The molecule has 0 fully saturated rings. The number of carbonyl (C=O) groups excluding carboxylic acids is 1. The van der Waals surface area contributed by atoms with Crippen molar-refractivity contribution in [2.24, 2.45) is 7.05 Å². The fraction of sp³-hybridized carbons (Fsp3) is 0.421. The summed E-state index contributed by atoms with van der Waals surface area (Å²) in [4.78, 5) is 14.8. The monoisotopic (exact) mass is 392 g/mol. The minimum Gasteiger partial charge on any atom is -0.347 e. The number of amides is 1. The van der Waals surface area contributed by atoms with Gasteiger partial charge in [0.1, 0.15) is 10.6 Å². The van der Waals surface area contributed by atoms with Crippen LogP contribution in [0.25, 0.3) is 0 Å². The summed E-state index contributed by atoms with van der Waals surface area (Å²) in [5.41, 5.74) is 2.52. The minimum atomic E-state index is -3.57. The van der Waals surface area contributed by atoms with Gasteiger partial charge in [0.15, 0.2) is 0 Å². The topological polar surface area (TPSA) is 83.4 Å². The molecular weight excluding hydrogens is 364 g/mol. The highest BCUT2D eigenvalue weighted by atomic mass is 32.2. The standard InChI is InChI=1S/C19H28N4O3S/c1-5-23(6-2)13-16-9-7-15(8-10-16)12-21-19(24)18-11-17(14-22(18)4)27(25,26)20-3/h7-11,14,20H,5-6,12-13H2,1-4H3,(H,21,24). The average molecular weight is 393 g/mol. The van der Waals surface area contributed by atoms with Crippen LogP contribution in [0, 0.1) is 0 Å². The number of nitrogens with zero attached hydrogens (tertiary/aromatic N) is 2. The maximum atomic E-state index is 12.4. The molecular formula is C19H28N4O3S. The zero-order valence-electron chi connectivity index (χ0n) is 16.3. The molecule has 1 aromatic heterocycles. The lowest BCUT2D eigenvalue weighted by molar-refractivity contribution is 0.0942. The lowest BCUT2D eigenvalue weighted by atomic mass is 10.1. The maximum Gasteiger partial charge on any atom is 0.268 e. The number of nitrogens with one attached hydrogen (secondary N) is 2. The molecule has 7 nitrogen and oxygen atoms in total. The second-order valence-electron chi connectivity index (χ2n) is 6.34. The largest absolute Gasteiger partial charge is 0.347 e. The molecule has 0 saturated heterocycles. The SMILES string of the molecule is CCN(CC)Cc1ccc(CNC(=O)c2cc(S(=O)(=O)NC)cn2C)cc1. The zero-order chi connectivity index (χ0) is 20.0. The van der Waals surface area contributed by atoms with E-state index in [0.717, 1.165) is 25.2 Å². The van der Waals surface area contributed by atoms with Crippen LogP contribution in [0.5, 0.6) is 0 Å². The summed E-state index contributed by atoms with van der Waals surface area (Å²) in [6, 6.07) is 9.51. The van der Waals surface area contributed by atoms with Gasteiger partial charge in [-0.05, 0) is 37.3 Å². The number of hydrogen-bond acceptors (Lipinski definition) is 4. The molecule has 1 aromatic carbocycles. The highest BCUT2D eigenvalue weighted by molar-refractivity contribution is 7.89. The number of benzene rings is 1. The molecule has 2 aromatic rings. The van der Waals surface area contributed by atoms with E-state index in [1.165, 1.54) is 29.4 Å². The Morgan fingerprint density at radius 1 is 1.11 bits per heavy atom. The van der Waals surface area contributed by atoms with Crippen LogP contribution in [0.4, 0.5) is 0 Å². The van der Waals surface area contributed by atoms with Crippen LogP contribution in [-0.2, 0) is 30.2 Å². The van der Waals surface area contributed by atoms with Gasteiger partial charge in [0.25, 0.3) is 5.91 Å². The van der Waals surface area contributed by atoms with Crippen molar-refractivity contribution in [1.29, 1.82) is 0 Å². The van der Waals surface area contributed by atoms with Crippen LogP contribution in [0.15, 0.2) is 41.4 Å². The summed E-state index contributed by atoms with van der Waals surface area (Å²) in [5, 5.41) is 2.84. The summed E-state index contributed by atoms with van der Waals surface area (Å²) < 4.78 is 27.5. The zero-order valence-corrected chi connectivity index (χ0v) is 17.1. The smallest absolute Gasteiger partial charge is 0.268 e. The van der Waals surface area contributed by atoms with Crippen LogP contribution in [0.2, 0.25) is 0 Å². The number of rotatable bonds is 9. The van der Waals surface area contributed by atoms with Crippen LogP contribution < -0.4 is 10.0 Å². The van der Waals surface area contributed by atoms with Gasteiger partial charge in [-0.25, -0.2) is 13.1 Å². The fourth-order valence-electron chi connectivity index (χ4n) is 2.77. The third-order valence-corrected chi connectivity index (χ3v) is 5.95. The Morgan fingerprint density at radius 3 is 2.26 bits per heavy atom. The Bertz CT molecular complexity index is 869. The van der Waals surface area contributed by atoms with Gasteiger partial charge >= 0.3 is 0 Å². The van der Waals surface area contributed by atoms with Crippen LogP contribution >= 0.6 is 0 Å². The number of sulfonamides is 1. The van der Waals surface area contributed by atoms with Gasteiger partial charge in [-0.1, -0.05) is 38.1 Å². The Kier molecular flexibility index (Phi) is 7.18. The fourth-order valence-corrected chi connectivity index (χ4v) is 3.56. The number of aromatic nitrogens is 1. The molecule has 0 aliphatic rings. The lowest BCUT2D eigenvalue weighted by Crippen LogP contribution is -2.25. The van der Waals surface area contributed by atoms with Gasteiger partial charge in [0.2, 0.25) is 10.0 Å². The van der Waals surface area contributed by atoms with Crippen molar-refractivity contribution in [3.05, 3.63) is 53.3 Å². The van der Waals surface area contributed by atoms with E-state index in [2.05, 4.69) is 40.9 Å². The molecule has 0 unspecified atom stereocenters. The van der Waals surface area contributed by atoms with Gasteiger partial charge < -0.3 is 9.88 Å². The summed E-state index contributed by atoms with van der Waals surface area (Å²) in [6.45, 7) is 7.59. The first-order chi connectivity index (χ1) is 12.8. The van der Waals surface area contributed by atoms with E-state index in [1.54, 1.807) is 7.05 Å². The predicted octanol–water partition coefficient (Wildman–Crippen LogP) is 1.70. The van der Waals surface area contributed by atoms with Crippen molar-refractivity contribution in [3.63, 3.8) is 0 Å². The Labute approximate surface area is 161 Å². The molecule has 2 N–H and O–H groups in total. The molecule has 0 spiro atoms. The molecule has 0 atom stereocenters. The molecule has 0 radical (unpaired) electrons. The summed E-state index contributed by atoms with van der Waals surface area (Å²) in [6.07, 6.45) is 1.42. The van der Waals surface area contributed by atoms with Crippen molar-refractivity contribution >= 4 is 15.9 Å². The van der Waals surface area contributed by atoms with Crippen molar-refractivity contribution in [1.82, 2.24) is 19.5 Å². The Hall–Kier alpha value is -2.16. The number of hydrogen-bond donors (Lipinski definition) is 2. The lowest BCUT2D eigenvalue weighted by Gasteiger charge is -2.18. The first kappa shape index (κ1) is 21.1. The van der Waals surface area contributed by atoms with E-state index in [1.807, 2.05) is 12.1 Å². The third-order valence-electron chi connectivity index (χ3n) is 4.57. The summed E-state index contributed by atoms with van der Waals surface area (Å²) in [5.74, 6) is -0.317. The van der Waals surface area contributed by atoms with Gasteiger partial charge in [-0.15, -0.1) is 0 Å². The third kappa shape index (κ3) is 5.41. The van der Waals surface area contributed by atoms with Gasteiger partial charge in [-0.2, -0.15) is 0 Å². The molecule has 0 bridgehead atoms. The predicted molar refractivity (Wildman–Crippen MR) is 106 cm³/mol. The van der Waals surface area contributed by atoms with Crippen LogP contribution in [0.3, 0.4) is 0 Å². The average Bonchev–Trinajstić information content (AvgIpc) is 3.07. The van der Waals surface area contributed by atoms with Crippen molar-refractivity contribution in [3.8, 4) is 0 Å². The van der Waals surface area contributed by atoms with Gasteiger partial charge in [-0.3, -0.25) is 9.69 Å². The van der Waals surface area contributed by atoms with E-state index in [-0.39, 0.29) is 10.8 Å². The van der Waals surface area contributed by atoms with Crippen molar-refractivity contribution in [2.45, 2.75) is 31.8 Å². The molecule has 1 heterocycles. The van der Waals surface area contributed by atoms with Gasteiger partial charge in [0, 0.05) is 26.3 Å². The molecule has 1 amide bonds. The van der Waals surface area contributed by atoms with Crippen LogP contribution in [-0.4, -0.2) is 43.9 Å². The van der Waals surface area contributed by atoms with E-state index >= 15 is 0 Å². The van der Waals surface area contributed by atoms with E-state index in [0.29, 0.717) is 12.2 Å². The first-order valence-electron chi connectivity index (χ1n) is 8.99. The van der Waals surface area contributed by atoms with Crippen LogP contribution in [0.1, 0.15) is 35.5 Å². The van der Waals surface area contributed by atoms with Gasteiger partial charge in [0.05, 0.1) is 0 Å². The molecule has 0 aliphatic carbocycles. The molecule has 148 valence electrons. The Balaban J connectivity index is 2.00. The quantitative estimate of drug-likeness (QED) is 0.680. The number of aryl methyl sites for hydroxylation is 1. The second-order valence-corrected chi connectivity index (χ2v) is 8.23. The summed E-state index contributed by atoms with van der Waals surface area (Å²) in [7, 11) is -0.591. The van der Waals surface area contributed by atoms with E-state index < -0.39 is 10.0 Å². The second kappa shape index (κ2) is 9.16. The molecule has 0 saturated carbocycles. The normalized spacial score (nSPS) is 11.7. The maximum absolute atomic E-state index is 12.4. The van der Waals surface area contributed by atoms with Crippen molar-refractivity contribution < 1.29 is 13.2 Å². The Morgan fingerprint density at radius 2 is 1.70 bits per heavy atom. The molecule has 2 rings (SSSR count). The minimum absolute atomic E-state index is 0.0680. The first-order valence-corrected chi connectivity index (χ1v) is 10.5. The molecule has 0 aliphatic heterocycles. The number of carbonyl (C=O) groups is 1. The highest BCUT2D eigenvalue weighted by Gasteiger charge is 2.19. The van der Waals surface area contributed by atoms with Crippen molar-refractivity contribution in [2.75, 3.05) is 20.1 Å². The highest BCUT2D eigenvalue weighted by Crippen LogP contribution is 2.13. The molecule has 27 heavy (non-hydrogen) atoms. The molecule has 8 heteroatoms.